The Morgan fingerprint density at radius 3 is 3.11 bits per heavy atom. The van der Waals surface area contributed by atoms with Crippen LogP contribution in [0.5, 0.6) is 0 Å². The molecule has 1 aliphatic heterocycles. The second-order valence-corrected chi connectivity index (χ2v) is 7.80. The van der Waals surface area contributed by atoms with Crippen molar-refractivity contribution < 1.29 is 9.32 Å². The lowest BCUT2D eigenvalue weighted by Gasteiger charge is -2.37. The minimum Gasteiger partial charge on any atom is -0.362 e. The average molecular weight is 402 g/mol. The highest BCUT2D eigenvalue weighted by molar-refractivity contribution is 6.31. The number of nitrogens with one attached hydrogen (secondary N) is 2. The number of halogens is 1. The number of anilines is 1. The van der Waals surface area contributed by atoms with E-state index in [0.29, 0.717) is 11.6 Å². The number of carbonyl (C=O) groups is 1. The molecule has 0 spiro atoms. The molecule has 28 heavy (non-hydrogen) atoms. The first-order valence-corrected chi connectivity index (χ1v) is 9.83. The van der Waals surface area contributed by atoms with Gasteiger partial charge in [0.2, 0.25) is 0 Å². The van der Waals surface area contributed by atoms with Crippen LogP contribution < -0.4 is 10.2 Å². The third-order valence-corrected chi connectivity index (χ3v) is 5.59. The molecule has 8 heteroatoms. The third kappa shape index (κ3) is 3.80. The van der Waals surface area contributed by atoms with Crippen LogP contribution in [0.25, 0.3) is 10.9 Å². The Morgan fingerprint density at radius 2 is 2.32 bits per heavy atom. The van der Waals surface area contributed by atoms with E-state index in [-0.39, 0.29) is 12.1 Å². The first kappa shape index (κ1) is 18.7. The SMILES string of the molecule is Cc1conc1N1CCC[C@@H](N(C)C(=O)NCc2cc3cc(Cl)ccc3[nH]2)C1. The lowest BCUT2D eigenvalue weighted by atomic mass is 10.0. The number of H-pyrrole nitrogens is 1. The second kappa shape index (κ2) is 7.75. The van der Waals surface area contributed by atoms with E-state index in [1.54, 1.807) is 11.2 Å². The molecule has 0 saturated carbocycles. The van der Waals surface area contributed by atoms with Gasteiger partial charge in [0.15, 0.2) is 5.82 Å². The number of piperidine rings is 1. The van der Waals surface area contributed by atoms with Gasteiger partial charge in [0, 0.05) is 47.3 Å². The molecule has 0 bridgehead atoms. The largest absolute Gasteiger partial charge is 0.362 e. The number of hydrogen-bond acceptors (Lipinski definition) is 4. The number of carbonyl (C=O) groups excluding carboxylic acids is 1. The molecule has 1 aromatic carbocycles. The summed E-state index contributed by atoms with van der Waals surface area (Å²) in [6.45, 7) is 4.10. The van der Waals surface area contributed by atoms with Gasteiger partial charge in [-0.05, 0) is 44.0 Å². The molecular formula is C20H24ClN5O2. The van der Waals surface area contributed by atoms with E-state index < -0.39 is 0 Å². The van der Waals surface area contributed by atoms with Crippen LogP contribution in [0, 0.1) is 6.92 Å². The zero-order valence-electron chi connectivity index (χ0n) is 16.0. The highest BCUT2D eigenvalue weighted by Gasteiger charge is 2.28. The molecule has 2 N–H and O–H groups in total. The molecule has 0 aliphatic carbocycles. The minimum absolute atomic E-state index is 0.0830. The molecule has 148 valence electrons. The Balaban J connectivity index is 1.36. The fraction of sp³-hybridized carbons (Fsp3) is 0.400. The van der Waals surface area contributed by atoms with Crippen LogP contribution in [0.2, 0.25) is 5.02 Å². The number of aryl methyl sites for hydroxylation is 1. The molecule has 7 nitrogen and oxygen atoms in total. The summed E-state index contributed by atoms with van der Waals surface area (Å²) in [7, 11) is 1.85. The first-order chi connectivity index (χ1) is 13.5. The number of amides is 2. The number of likely N-dealkylation sites (N-methyl/N-ethyl adjacent to an activating group) is 1. The number of urea groups is 1. The number of nitrogens with zero attached hydrogens (tertiary/aromatic N) is 3. The van der Waals surface area contributed by atoms with Crippen molar-refractivity contribution in [3.05, 3.63) is 46.8 Å². The predicted octanol–water partition coefficient (Wildman–Crippen LogP) is 3.93. The fourth-order valence-electron chi connectivity index (χ4n) is 3.77. The molecule has 1 atom stereocenters. The summed E-state index contributed by atoms with van der Waals surface area (Å²) in [4.78, 5) is 20.0. The Bertz CT molecular complexity index is 982. The van der Waals surface area contributed by atoms with Gasteiger partial charge in [0.25, 0.3) is 0 Å². The zero-order chi connectivity index (χ0) is 19.7. The van der Waals surface area contributed by atoms with E-state index in [1.165, 1.54) is 0 Å². The summed E-state index contributed by atoms with van der Waals surface area (Å²) in [5.41, 5.74) is 2.97. The highest BCUT2D eigenvalue weighted by atomic mass is 35.5. The van der Waals surface area contributed by atoms with Gasteiger partial charge < -0.3 is 24.6 Å². The summed E-state index contributed by atoms with van der Waals surface area (Å²) in [6, 6.07) is 7.76. The Hall–Kier alpha value is -2.67. The van der Waals surface area contributed by atoms with Gasteiger partial charge in [0.05, 0.1) is 12.6 Å². The topological polar surface area (TPSA) is 77.4 Å². The van der Waals surface area contributed by atoms with Gasteiger partial charge in [-0.2, -0.15) is 0 Å². The standard InChI is InChI=1S/C20H24ClN5O2/c1-13-12-28-24-19(13)26-7-3-4-17(11-26)25(2)20(27)22-10-16-9-14-8-15(21)5-6-18(14)23-16/h5-6,8-9,12,17,23H,3-4,7,10-11H2,1-2H3,(H,22,27)/t17-/m1/s1. The zero-order valence-corrected chi connectivity index (χ0v) is 16.8. The molecular weight excluding hydrogens is 378 g/mol. The molecule has 4 rings (SSSR count). The third-order valence-electron chi connectivity index (χ3n) is 5.35. The van der Waals surface area contributed by atoms with Gasteiger partial charge in [-0.1, -0.05) is 16.8 Å². The predicted molar refractivity (Wildman–Crippen MR) is 110 cm³/mol. The molecule has 3 heterocycles. The number of benzene rings is 1. The van der Waals surface area contributed by atoms with E-state index in [4.69, 9.17) is 16.1 Å². The van der Waals surface area contributed by atoms with E-state index in [9.17, 15) is 4.79 Å². The van der Waals surface area contributed by atoms with E-state index >= 15 is 0 Å². The molecule has 1 aliphatic rings. The Labute approximate surface area is 168 Å². The van der Waals surface area contributed by atoms with Crippen molar-refractivity contribution >= 4 is 34.4 Å². The van der Waals surface area contributed by atoms with E-state index in [0.717, 1.165) is 53.9 Å². The maximum Gasteiger partial charge on any atom is 0.317 e. The summed E-state index contributed by atoms with van der Waals surface area (Å²) >= 11 is 6.04. The molecule has 0 unspecified atom stereocenters. The smallest absolute Gasteiger partial charge is 0.317 e. The van der Waals surface area contributed by atoms with Crippen LogP contribution in [-0.4, -0.2) is 47.3 Å². The average Bonchev–Trinajstić information content (AvgIpc) is 3.30. The summed E-state index contributed by atoms with van der Waals surface area (Å²) in [5, 5.41) is 8.84. The molecule has 0 radical (unpaired) electrons. The Kier molecular flexibility index (Phi) is 5.17. The first-order valence-electron chi connectivity index (χ1n) is 9.45. The summed E-state index contributed by atoms with van der Waals surface area (Å²) in [5.74, 6) is 0.871. The van der Waals surface area contributed by atoms with Gasteiger partial charge in [-0.3, -0.25) is 0 Å². The number of aromatic amines is 1. The number of aromatic nitrogens is 2. The summed E-state index contributed by atoms with van der Waals surface area (Å²) in [6.07, 6.45) is 3.64. The summed E-state index contributed by atoms with van der Waals surface area (Å²) < 4.78 is 5.07. The van der Waals surface area contributed by atoms with Gasteiger partial charge in [-0.15, -0.1) is 0 Å². The normalized spacial score (nSPS) is 17.1. The monoisotopic (exact) mass is 401 g/mol. The Morgan fingerprint density at radius 1 is 1.46 bits per heavy atom. The maximum atomic E-state index is 12.7. The van der Waals surface area contributed by atoms with Crippen LogP contribution in [-0.2, 0) is 6.54 Å². The quantitative estimate of drug-likeness (QED) is 0.694. The molecule has 2 aromatic heterocycles. The van der Waals surface area contributed by atoms with E-state index in [2.05, 4.69) is 20.4 Å². The maximum absolute atomic E-state index is 12.7. The van der Waals surface area contributed by atoms with Crippen molar-refractivity contribution in [3.8, 4) is 0 Å². The van der Waals surface area contributed by atoms with Gasteiger partial charge >= 0.3 is 6.03 Å². The molecule has 1 fully saturated rings. The molecule has 3 aromatic rings. The number of hydrogen-bond donors (Lipinski definition) is 2. The van der Waals surface area contributed by atoms with Crippen molar-refractivity contribution in [2.75, 3.05) is 25.0 Å². The van der Waals surface area contributed by atoms with Crippen molar-refractivity contribution in [1.29, 1.82) is 0 Å². The van der Waals surface area contributed by atoms with Crippen molar-refractivity contribution in [2.24, 2.45) is 0 Å². The second-order valence-electron chi connectivity index (χ2n) is 7.36. The number of fused-ring (bicyclic) bond motifs is 1. The van der Waals surface area contributed by atoms with Crippen LogP contribution >= 0.6 is 11.6 Å². The van der Waals surface area contributed by atoms with Crippen molar-refractivity contribution in [2.45, 2.75) is 32.4 Å². The lowest BCUT2D eigenvalue weighted by Crippen LogP contribution is -2.51. The highest BCUT2D eigenvalue weighted by Crippen LogP contribution is 2.24. The molecule has 2 amide bonds. The van der Waals surface area contributed by atoms with Crippen LogP contribution in [0.4, 0.5) is 10.6 Å². The fourth-order valence-corrected chi connectivity index (χ4v) is 3.95. The van der Waals surface area contributed by atoms with E-state index in [1.807, 2.05) is 38.2 Å². The van der Waals surface area contributed by atoms with Crippen molar-refractivity contribution in [1.82, 2.24) is 20.4 Å². The van der Waals surface area contributed by atoms with Crippen molar-refractivity contribution in [3.63, 3.8) is 0 Å². The lowest BCUT2D eigenvalue weighted by molar-refractivity contribution is 0.182. The van der Waals surface area contributed by atoms with Gasteiger partial charge in [0.1, 0.15) is 6.26 Å². The van der Waals surface area contributed by atoms with Crippen LogP contribution in [0.1, 0.15) is 24.1 Å². The van der Waals surface area contributed by atoms with Crippen LogP contribution in [0.15, 0.2) is 35.1 Å². The van der Waals surface area contributed by atoms with Crippen LogP contribution in [0.3, 0.4) is 0 Å². The van der Waals surface area contributed by atoms with Gasteiger partial charge in [-0.25, -0.2) is 4.79 Å². The molecule has 1 saturated heterocycles. The minimum atomic E-state index is -0.0830. The number of rotatable bonds is 4.